The number of hydrogen-bond donors (Lipinski definition) is 1. The van der Waals surface area contributed by atoms with Crippen LogP contribution >= 0.6 is 0 Å². The standard InChI is InChI=1S/C20H25N5O5S/c1-3-30-19(27)16-5-7-17(8-6-16)31(28,29)25-13-11-24(12-14-25)15(2)18(26)23-20-21-9-4-10-22-20/h4-10,15H,3,11-14H2,1-2H3,(H,21,22,23,26)/t15-/m0/s1. The van der Waals surface area contributed by atoms with Crippen molar-refractivity contribution in [2.45, 2.75) is 24.8 Å². The molecular formula is C20H25N5O5S. The van der Waals surface area contributed by atoms with Crippen LogP contribution in [0.2, 0.25) is 0 Å². The van der Waals surface area contributed by atoms with Gasteiger partial charge in [0.05, 0.1) is 23.1 Å². The summed E-state index contributed by atoms with van der Waals surface area (Å²) >= 11 is 0. The van der Waals surface area contributed by atoms with Crippen molar-refractivity contribution < 1.29 is 22.7 Å². The Morgan fingerprint density at radius 3 is 2.29 bits per heavy atom. The van der Waals surface area contributed by atoms with Crippen LogP contribution in [-0.2, 0) is 19.6 Å². The van der Waals surface area contributed by atoms with E-state index in [1.165, 1.54) is 41.0 Å². The first kappa shape index (κ1) is 22.8. The Bertz CT molecular complexity index is 1010. The van der Waals surface area contributed by atoms with E-state index in [1.807, 2.05) is 4.90 Å². The molecule has 31 heavy (non-hydrogen) atoms. The second-order valence-electron chi connectivity index (χ2n) is 6.92. The van der Waals surface area contributed by atoms with E-state index in [0.717, 1.165) is 0 Å². The minimum atomic E-state index is -3.70. The van der Waals surface area contributed by atoms with Crippen LogP contribution in [0.3, 0.4) is 0 Å². The van der Waals surface area contributed by atoms with E-state index in [9.17, 15) is 18.0 Å². The number of benzene rings is 1. The molecular weight excluding hydrogens is 422 g/mol. The molecule has 1 fully saturated rings. The lowest BCUT2D eigenvalue weighted by Crippen LogP contribution is -2.54. The molecule has 0 saturated carbocycles. The molecule has 1 aliphatic heterocycles. The minimum Gasteiger partial charge on any atom is -0.462 e. The first-order valence-corrected chi connectivity index (χ1v) is 11.4. The summed E-state index contributed by atoms with van der Waals surface area (Å²) < 4.78 is 32.2. The van der Waals surface area contributed by atoms with E-state index in [2.05, 4.69) is 15.3 Å². The topological polar surface area (TPSA) is 122 Å². The highest BCUT2D eigenvalue weighted by molar-refractivity contribution is 7.89. The van der Waals surface area contributed by atoms with E-state index in [1.54, 1.807) is 19.9 Å². The van der Waals surface area contributed by atoms with Crippen LogP contribution in [-0.4, -0.2) is 78.3 Å². The van der Waals surface area contributed by atoms with E-state index < -0.39 is 22.0 Å². The summed E-state index contributed by atoms with van der Waals surface area (Å²) in [5.41, 5.74) is 0.299. The van der Waals surface area contributed by atoms with Gasteiger partial charge in [0.2, 0.25) is 21.9 Å². The Morgan fingerprint density at radius 1 is 1.10 bits per heavy atom. The van der Waals surface area contributed by atoms with Crippen LogP contribution in [0.4, 0.5) is 5.95 Å². The van der Waals surface area contributed by atoms with Crippen molar-refractivity contribution >= 4 is 27.8 Å². The van der Waals surface area contributed by atoms with Gasteiger partial charge in [0, 0.05) is 38.6 Å². The van der Waals surface area contributed by atoms with Crippen LogP contribution in [0.25, 0.3) is 0 Å². The van der Waals surface area contributed by atoms with E-state index in [-0.39, 0.29) is 36.4 Å². The summed E-state index contributed by atoms with van der Waals surface area (Å²) in [6.07, 6.45) is 3.08. The first-order valence-electron chi connectivity index (χ1n) is 9.92. The molecule has 1 amide bonds. The van der Waals surface area contributed by atoms with Gasteiger partial charge in [0.1, 0.15) is 0 Å². The molecule has 11 heteroatoms. The van der Waals surface area contributed by atoms with Crippen molar-refractivity contribution in [1.29, 1.82) is 0 Å². The lowest BCUT2D eigenvalue weighted by molar-refractivity contribution is -0.121. The van der Waals surface area contributed by atoms with E-state index >= 15 is 0 Å². The van der Waals surface area contributed by atoms with Crippen LogP contribution in [0.5, 0.6) is 0 Å². The number of anilines is 1. The zero-order valence-electron chi connectivity index (χ0n) is 17.4. The molecule has 2 aromatic rings. The van der Waals surface area contributed by atoms with E-state index in [4.69, 9.17) is 4.74 Å². The Hall–Kier alpha value is -2.89. The monoisotopic (exact) mass is 447 g/mol. The van der Waals surface area contributed by atoms with Crippen molar-refractivity contribution in [3.63, 3.8) is 0 Å². The molecule has 1 aliphatic rings. The number of esters is 1. The maximum atomic E-state index is 12.9. The summed E-state index contributed by atoms with van der Waals surface area (Å²) in [7, 11) is -3.70. The first-order chi connectivity index (χ1) is 14.8. The summed E-state index contributed by atoms with van der Waals surface area (Å²) in [5.74, 6) is -0.517. The van der Waals surface area contributed by atoms with Gasteiger partial charge in [-0.15, -0.1) is 0 Å². The summed E-state index contributed by atoms with van der Waals surface area (Å²) in [4.78, 5) is 34.2. The predicted octanol–water partition coefficient (Wildman–Crippen LogP) is 0.987. The third kappa shape index (κ3) is 5.43. The number of nitrogens with zero attached hydrogens (tertiary/aromatic N) is 4. The number of nitrogens with one attached hydrogen (secondary N) is 1. The number of piperazine rings is 1. The van der Waals surface area contributed by atoms with Crippen LogP contribution in [0.15, 0.2) is 47.6 Å². The van der Waals surface area contributed by atoms with Crippen molar-refractivity contribution in [3.05, 3.63) is 48.3 Å². The number of hydrogen-bond acceptors (Lipinski definition) is 8. The molecule has 0 bridgehead atoms. The highest BCUT2D eigenvalue weighted by atomic mass is 32.2. The largest absolute Gasteiger partial charge is 0.462 e. The molecule has 0 unspecified atom stereocenters. The van der Waals surface area contributed by atoms with Gasteiger partial charge in [-0.25, -0.2) is 23.2 Å². The van der Waals surface area contributed by atoms with Gasteiger partial charge >= 0.3 is 5.97 Å². The lowest BCUT2D eigenvalue weighted by atomic mass is 10.2. The van der Waals surface area contributed by atoms with Gasteiger partial charge in [-0.2, -0.15) is 4.31 Å². The number of carbonyl (C=O) groups is 2. The van der Waals surface area contributed by atoms with Gasteiger partial charge < -0.3 is 4.74 Å². The molecule has 1 N–H and O–H groups in total. The smallest absolute Gasteiger partial charge is 0.338 e. The van der Waals surface area contributed by atoms with Crippen molar-refractivity contribution in [2.75, 3.05) is 38.1 Å². The summed E-state index contributed by atoms with van der Waals surface area (Å²) in [6.45, 7) is 5.03. The van der Waals surface area contributed by atoms with Crippen LogP contribution < -0.4 is 5.32 Å². The second kappa shape index (κ2) is 9.94. The van der Waals surface area contributed by atoms with Gasteiger partial charge in [0.15, 0.2) is 0 Å². The SMILES string of the molecule is CCOC(=O)c1ccc(S(=O)(=O)N2CCN([C@@H](C)C(=O)Nc3ncccn3)CC2)cc1. The van der Waals surface area contributed by atoms with Crippen molar-refractivity contribution in [3.8, 4) is 0 Å². The molecule has 0 radical (unpaired) electrons. The number of aromatic nitrogens is 2. The zero-order chi connectivity index (χ0) is 22.4. The van der Waals surface area contributed by atoms with Gasteiger partial charge in [-0.3, -0.25) is 15.0 Å². The number of amides is 1. The molecule has 10 nitrogen and oxygen atoms in total. The highest BCUT2D eigenvalue weighted by Crippen LogP contribution is 2.19. The fourth-order valence-corrected chi connectivity index (χ4v) is 4.62. The molecule has 3 rings (SSSR count). The van der Waals surface area contributed by atoms with Crippen LogP contribution in [0.1, 0.15) is 24.2 Å². The number of carbonyl (C=O) groups excluding carboxylic acids is 2. The van der Waals surface area contributed by atoms with Crippen LogP contribution in [0, 0.1) is 0 Å². The summed E-state index contributed by atoms with van der Waals surface area (Å²) in [6, 6.07) is 6.90. The van der Waals surface area contributed by atoms with Crippen molar-refractivity contribution in [1.82, 2.24) is 19.2 Å². The Balaban J connectivity index is 1.59. The quantitative estimate of drug-likeness (QED) is 0.624. The van der Waals surface area contributed by atoms with Gasteiger partial charge in [-0.05, 0) is 44.2 Å². The molecule has 166 valence electrons. The molecule has 1 aromatic heterocycles. The zero-order valence-corrected chi connectivity index (χ0v) is 18.2. The highest BCUT2D eigenvalue weighted by Gasteiger charge is 2.32. The molecule has 0 spiro atoms. The average Bonchev–Trinajstić information content (AvgIpc) is 2.79. The maximum absolute atomic E-state index is 12.9. The van der Waals surface area contributed by atoms with Crippen molar-refractivity contribution in [2.24, 2.45) is 0 Å². The fraction of sp³-hybridized carbons (Fsp3) is 0.400. The molecule has 1 atom stereocenters. The number of sulfonamides is 1. The minimum absolute atomic E-state index is 0.112. The second-order valence-corrected chi connectivity index (χ2v) is 8.86. The predicted molar refractivity (Wildman–Crippen MR) is 113 cm³/mol. The molecule has 1 aromatic carbocycles. The molecule has 0 aliphatic carbocycles. The lowest BCUT2D eigenvalue weighted by Gasteiger charge is -2.36. The average molecular weight is 448 g/mol. The fourth-order valence-electron chi connectivity index (χ4n) is 3.20. The molecule has 2 heterocycles. The number of ether oxygens (including phenoxy) is 1. The van der Waals surface area contributed by atoms with Gasteiger partial charge in [0.25, 0.3) is 0 Å². The Kier molecular flexibility index (Phi) is 7.31. The molecule has 1 saturated heterocycles. The third-order valence-electron chi connectivity index (χ3n) is 5.00. The third-order valence-corrected chi connectivity index (χ3v) is 6.92. The summed E-state index contributed by atoms with van der Waals surface area (Å²) in [5, 5.41) is 2.66. The van der Waals surface area contributed by atoms with E-state index in [0.29, 0.717) is 18.7 Å². The normalized spacial score (nSPS) is 16.5. The number of rotatable bonds is 7. The Morgan fingerprint density at radius 2 is 1.71 bits per heavy atom. The Labute approximate surface area is 181 Å². The van der Waals surface area contributed by atoms with Gasteiger partial charge in [-0.1, -0.05) is 0 Å². The maximum Gasteiger partial charge on any atom is 0.338 e.